The van der Waals surface area contributed by atoms with Crippen molar-refractivity contribution in [3.63, 3.8) is 0 Å². The lowest BCUT2D eigenvalue weighted by Gasteiger charge is -2.24. The molecule has 2 aromatic rings. The lowest BCUT2D eigenvalue weighted by molar-refractivity contribution is 0.0699. The number of nitrogens with one attached hydrogen (secondary N) is 1. The molecule has 2 heterocycles. The maximum Gasteiger partial charge on any atom is 0.146 e. The van der Waals surface area contributed by atoms with E-state index in [2.05, 4.69) is 10.3 Å². The number of pyridine rings is 1. The number of rotatable bonds is 5. The molecule has 1 fully saturated rings. The Hall–Kier alpha value is -1.85. The minimum Gasteiger partial charge on any atom is -0.384 e. The average Bonchev–Trinajstić information content (AvgIpc) is 2.63. The molecule has 1 aliphatic heterocycles. The third-order valence-electron chi connectivity index (χ3n) is 4.69. The van der Waals surface area contributed by atoms with Crippen molar-refractivity contribution in [3.8, 4) is 11.1 Å². The van der Waals surface area contributed by atoms with Crippen LogP contribution in [0.4, 0.5) is 15.9 Å². The molecule has 6 heteroatoms. The maximum atomic E-state index is 14.5. The first-order chi connectivity index (χ1) is 12.1. The Morgan fingerprint density at radius 1 is 1.32 bits per heavy atom. The molecule has 0 radical (unpaired) electrons. The number of ether oxygens (including phenoxy) is 1. The largest absolute Gasteiger partial charge is 0.384 e. The van der Waals surface area contributed by atoms with Gasteiger partial charge in [-0.05, 0) is 48.4 Å². The summed E-state index contributed by atoms with van der Waals surface area (Å²) in [5.41, 5.74) is 8.93. The highest BCUT2D eigenvalue weighted by Crippen LogP contribution is 2.36. The Kier molecular flexibility index (Phi) is 5.76. The van der Waals surface area contributed by atoms with Gasteiger partial charge in [0, 0.05) is 31.5 Å². The van der Waals surface area contributed by atoms with E-state index in [0.29, 0.717) is 28.9 Å². The van der Waals surface area contributed by atoms with E-state index in [9.17, 15) is 4.39 Å². The third-order valence-corrected chi connectivity index (χ3v) is 4.99. The van der Waals surface area contributed by atoms with Crippen molar-refractivity contribution in [2.45, 2.75) is 26.2 Å². The first-order valence-corrected chi connectivity index (χ1v) is 9.02. The van der Waals surface area contributed by atoms with Crippen LogP contribution in [0.2, 0.25) is 5.02 Å². The highest BCUT2D eigenvalue weighted by Gasteiger charge is 2.18. The summed E-state index contributed by atoms with van der Waals surface area (Å²) in [5, 5.41) is 3.83. The van der Waals surface area contributed by atoms with Gasteiger partial charge in [0.15, 0.2) is 0 Å². The predicted molar refractivity (Wildman–Crippen MR) is 100 cm³/mol. The summed E-state index contributed by atoms with van der Waals surface area (Å²) in [6.07, 6.45) is 4.22. The highest BCUT2D eigenvalue weighted by molar-refractivity contribution is 6.33. The van der Waals surface area contributed by atoms with Crippen LogP contribution in [0.15, 0.2) is 24.4 Å². The fraction of sp³-hybridized carbons (Fsp3) is 0.421. The van der Waals surface area contributed by atoms with Crippen molar-refractivity contribution in [1.29, 1.82) is 0 Å². The van der Waals surface area contributed by atoms with Crippen molar-refractivity contribution < 1.29 is 9.13 Å². The van der Waals surface area contributed by atoms with E-state index in [-0.39, 0.29) is 5.82 Å². The molecule has 1 aromatic heterocycles. The van der Waals surface area contributed by atoms with Crippen LogP contribution >= 0.6 is 11.6 Å². The van der Waals surface area contributed by atoms with Gasteiger partial charge in [-0.2, -0.15) is 0 Å². The smallest absolute Gasteiger partial charge is 0.146 e. The fourth-order valence-corrected chi connectivity index (χ4v) is 3.49. The number of nitrogens with zero attached hydrogens (tertiary/aromatic N) is 1. The fourth-order valence-electron chi connectivity index (χ4n) is 3.29. The average molecular weight is 364 g/mol. The quantitative estimate of drug-likeness (QED) is 0.819. The molecule has 3 N–H and O–H groups in total. The van der Waals surface area contributed by atoms with Crippen LogP contribution in [0.1, 0.15) is 25.3 Å². The van der Waals surface area contributed by atoms with Crippen LogP contribution in [-0.4, -0.2) is 24.7 Å². The molecule has 0 amide bonds. The summed E-state index contributed by atoms with van der Waals surface area (Å²) in [7, 11) is 0. The van der Waals surface area contributed by atoms with E-state index in [1.807, 2.05) is 6.92 Å². The topological polar surface area (TPSA) is 60.2 Å². The molecule has 0 bridgehead atoms. The second kappa shape index (κ2) is 8.02. The number of halogens is 2. The van der Waals surface area contributed by atoms with Gasteiger partial charge in [0.25, 0.3) is 0 Å². The van der Waals surface area contributed by atoms with E-state index in [1.165, 1.54) is 12.3 Å². The standard InChI is InChI=1S/C19H23ClFN3O/c1-2-13-14(15-9-18(22)23-11-16(15)20)3-4-17(21)19(13)24-10-12-5-7-25-8-6-12/h3-4,9,11-12,24H,2,5-8,10H2,1H3,(H2,22,23). The molecule has 0 unspecified atom stereocenters. The van der Waals surface area contributed by atoms with Gasteiger partial charge in [-0.15, -0.1) is 0 Å². The van der Waals surface area contributed by atoms with E-state index in [1.54, 1.807) is 12.1 Å². The van der Waals surface area contributed by atoms with Crippen molar-refractivity contribution in [2.75, 3.05) is 30.8 Å². The first-order valence-electron chi connectivity index (χ1n) is 8.64. The van der Waals surface area contributed by atoms with Gasteiger partial charge >= 0.3 is 0 Å². The zero-order valence-electron chi connectivity index (χ0n) is 14.3. The monoisotopic (exact) mass is 363 g/mol. The van der Waals surface area contributed by atoms with E-state index < -0.39 is 0 Å². The van der Waals surface area contributed by atoms with Crippen LogP contribution < -0.4 is 11.1 Å². The molecule has 0 spiro atoms. The van der Waals surface area contributed by atoms with Crippen molar-refractivity contribution in [2.24, 2.45) is 5.92 Å². The van der Waals surface area contributed by atoms with Crippen molar-refractivity contribution in [1.82, 2.24) is 4.98 Å². The van der Waals surface area contributed by atoms with E-state index >= 15 is 0 Å². The molecule has 0 atom stereocenters. The second-order valence-electron chi connectivity index (χ2n) is 6.33. The minimum absolute atomic E-state index is 0.245. The van der Waals surface area contributed by atoms with Crippen LogP contribution in [0.3, 0.4) is 0 Å². The molecule has 1 saturated heterocycles. The lowest BCUT2D eigenvalue weighted by atomic mass is 9.95. The Morgan fingerprint density at radius 2 is 2.08 bits per heavy atom. The zero-order valence-corrected chi connectivity index (χ0v) is 15.1. The number of nitrogens with two attached hydrogens (primary N) is 1. The summed E-state index contributed by atoms with van der Waals surface area (Å²) >= 11 is 6.30. The van der Waals surface area contributed by atoms with Gasteiger partial charge in [-0.25, -0.2) is 9.37 Å². The Bertz CT molecular complexity index is 748. The molecular weight excluding hydrogens is 341 g/mol. The highest BCUT2D eigenvalue weighted by atomic mass is 35.5. The lowest BCUT2D eigenvalue weighted by Crippen LogP contribution is -2.23. The Balaban J connectivity index is 1.93. The van der Waals surface area contributed by atoms with E-state index in [0.717, 1.165) is 49.3 Å². The van der Waals surface area contributed by atoms with Crippen LogP contribution in [0, 0.1) is 11.7 Å². The van der Waals surface area contributed by atoms with Gasteiger partial charge in [0.2, 0.25) is 0 Å². The molecule has 0 saturated carbocycles. The number of aromatic nitrogens is 1. The number of nitrogen functional groups attached to an aromatic ring is 1. The van der Waals surface area contributed by atoms with Gasteiger partial charge < -0.3 is 15.8 Å². The number of hydrogen-bond acceptors (Lipinski definition) is 4. The maximum absolute atomic E-state index is 14.5. The summed E-state index contributed by atoms with van der Waals surface area (Å²) in [5.74, 6) is 0.648. The predicted octanol–water partition coefficient (Wildman–Crippen LogP) is 4.52. The second-order valence-corrected chi connectivity index (χ2v) is 6.73. The van der Waals surface area contributed by atoms with Crippen LogP contribution in [0.25, 0.3) is 11.1 Å². The van der Waals surface area contributed by atoms with Crippen LogP contribution in [-0.2, 0) is 11.2 Å². The van der Waals surface area contributed by atoms with Gasteiger partial charge in [-0.1, -0.05) is 24.6 Å². The number of benzene rings is 1. The molecule has 4 nitrogen and oxygen atoms in total. The number of hydrogen-bond donors (Lipinski definition) is 2. The first kappa shape index (κ1) is 18.0. The minimum atomic E-state index is -0.245. The molecule has 134 valence electrons. The Morgan fingerprint density at radius 3 is 2.80 bits per heavy atom. The summed E-state index contributed by atoms with van der Waals surface area (Å²) in [6.45, 7) is 4.31. The summed E-state index contributed by atoms with van der Waals surface area (Å²) < 4.78 is 19.9. The molecular formula is C19H23ClFN3O. The van der Waals surface area contributed by atoms with Gasteiger partial charge in [0.1, 0.15) is 11.6 Å². The Labute approximate surface area is 152 Å². The number of anilines is 2. The van der Waals surface area contributed by atoms with Gasteiger partial charge in [-0.3, -0.25) is 0 Å². The van der Waals surface area contributed by atoms with Crippen molar-refractivity contribution >= 4 is 23.1 Å². The molecule has 25 heavy (non-hydrogen) atoms. The van der Waals surface area contributed by atoms with Crippen molar-refractivity contribution in [3.05, 3.63) is 40.8 Å². The molecule has 1 aromatic carbocycles. The normalized spacial score (nSPS) is 15.3. The summed E-state index contributed by atoms with van der Waals surface area (Å²) in [6, 6.07) is 4.97. The third kappa shape index (κ3) is 4.05. The summed E-state index contributed by atoms with van der Waals surface area (Å²) in [4.78, 5) is 4.00. The SMILES string of the molecule is CCc1c(-c2cc(N)ncc2Cl)ccc(F)c1NCC1CCOCC1. The zero-order chi connectivity index (χ0) is 17.8. The van der Waals surface area contributed by atoms with Crippen LogP contribution in [0.5, 0.6) is 0 Å². The van der Waals surface area contributed by atoms with E-state index in [4.69, 9.17) is 22.1 Å². The van der Waals surface area contributed by atoms with Gasteiger partial charge in [0.05, 0.1) is 10.7 Å². The molecule has 1 aliphatic rings. The molecule has 0 aliphatic carbocycles. The molecule has 3 rings (SSSR count).